The molecule has 0 unspecified atom stereocenters. The Bertz CT molecular complexity index is 587. The van der Waals surface area contributed by atoms with Gasteiger partial charge in [0.1, 0.15) is 5.60 Å². The molecule has 5 nitrogen and oxygen atoms in total. The Hall–Kier alpha value is -1.53. The van der Waals surface area contributed by atoms with E-state index in [-0.39, 0.29) is 11.1 Å². The smallest absolute Gasteiger partial charge is 0.414 e. The van der Waals surface area contributed by atoms with Crippen molar-refractivity contribution in [3.8, 4) is 0 Å². The molecule has 0 saturated heterocycles. The van der Waals surface area contributed by atoms with Gasteiger partial charge in [-0.3, -0.25) is 4.90 Å². The molecule has 0 bridgehead atoms. The topological polar surface area (TPSA) is 50.8 Å². The summed E-state index contributed by atoms with van der Waals surface area (Å²) in [7, 11) is 0.0109. The van der Waals surface area contributed by atoms with E-state index in [0.29, 0.717) is 13.2 Å². The number of amides is 1. The predicted octanol–water partition coefficient (Wildman–Crippen LogP) is 5.49. The number of carbonyl (C=O) groups excluding carboxylic acids is 1. The van der Waals surface area contributed by atoms with Gasteiger partial charge in [-0.25, -0.2) is 4.79 Å². The molecule has 1 aromatic carbocycles. The minimum Gasteiger partial charge on any atom is -0.443 e. The highest BCUT2D eigenvalue weighted by Crippen LogP contribution is 2.36. The Kier molecular flexibility index (Phi) is 7.30. The third kappa shape index (κ3) is 6.65. The van der Waals surface area contributed by atoms with Crippen molar-refractivity contribution in [2.75, 3.05) is 30.4 Å². The summed E-state index contributed by atoms with van der Waals surface area (Å²) in [5.74, 6) is 0. The summed E-state index contributed by atoms with van der Waals surface area (Å²) in [6.45, 7) is 17.6. The van der Waals surface area contributed by atoms with Crippen LogP contribution >= 0.6 is 0 Å². The zero-order valence-corrected chi connectivity index (χ0v) is 18.9. The number of nitrogens with one attached hydrogen (secondary N) is 1. The van der Waals surface area contributed by atoms with Gasteiger partial charge in [0.05, 0.1) is 13.2 Å². The number of hydrogen-bond acceptors (Lipinski definition) is 4. The zero-order chi connectivity index (χ0) is 20.2. The number of anilines is 2. The van der Waals surface area contributed by atoms with Crippen LogP contribution in [0, 0.1) is 0 Å². The van der Waals surface area contributed by atoms with Crippen molar-refractivity contribution in [3.63, 3.8) is 0 Å². The van der Waals surface area contributed by atoms with Gasteiger partial charge >= 0.3 is 6.09 Å². The van der Waals surface area contributed by atoms with E-state index in [4.69, 9.17) is 9.16 Å². The number of hydrogen-bond donors (Lipinski definition) is 1. The molecule has 0 heterocycles. The molecule has 0 radical (unpaired) electrons. The molecular formula is C20H36N2O3Si. The second-order valence-corrected chi connectivity index (χ2v) is 13.8. The van der Waals surface area contributed by atoms with Gasteiger partial charge in [-0.05, 0) is 63.2 Å². The minimum atomic E-state index is -1.86. The molecule has 6 heteroatoms. The lowest BCUT2D eigenvalue weighted by Crippen LogP contribution is -2.44. The van der Waals surface area contributed by atoms with Crippen molar-refractivity contribution in [3.05, 3.63) is 24.3 Å². The molecule has 0 aliphatic carbocycles. The maximum Gasteiger partial charge on any atom is 0.414 e. The Balaban J connectivity index is 2.92. The van der Waals surface area contributed by atoms with Gasteiger partial charge in [0.15, 0.2) is 8.32 Å². The van der Waals surface area contributed by atoms with Gasteiger partial charge in [0.25, 0.3) is 0 Å². The number of rotatable bonds is 6. The van der Waals surface area contributed by atoms with Gasteiger partial charge in [-0.2, -0.15) is 0 Å². The Morgan fingerprint density at radius 2 is 1.62 bits per heavy atom. The van der Waals surface area contributed by atoms with Crippen LogP contribution in [-0.2, 0) is 9.16 Å². The van der Waals surface area contributed by atoms with Gasteiger partial charge in [-0.15, -0.1) is 0 Å². The quantitative estimate of drug-likeness (QED) is 0.663. The van der Waals surface area contributed by atoms with Crippen molar-refractivity contribution in [2.24, 2.45) is 0 Å². The van der Waals surface area contributed by atoms with Crippen LogP contribution in [0.25, 0.3) is 0 Å². The van der Waals surface area contributed by atoms with Gasteiger partial charge in [-0.1, -0.05) is 20.8 Å². The average molecular weight is 381 g/mol. The zero-order valence-electron chi connectivity index (χ0n) is 17.9. The SMILES string of the molecule is CNc1ccc(N(CCO[Si](C)(C)C(C)(C)C)C(=O)OC(C)(C)C)cc1. The molecule has 0 fully saturated rings. The van der Waals surface area contributed by atoms with E-state index >= 15 is 0 Å². The monoisotopic (exact) mass is 380 g/mol. The summed E-state index contributed by atoms with van der Waals surface area (Å²) in [5, 5.41) is 3.22. The summed E-state index contributed by atoms with van der Waals surface area (Å²) in [6.07, 6.45) is -0.353. The lowest BCUT2D eigenvalue weighted by Gasteiger charge is -2.37. The highest BCUT2D eigenvalue weighted by molar-refractivity contribution is 6.74. The Morgan fingerprint density at radius 1 is 1.08 bits per heavy atom. The summed E-state index contributed by atoms with van der Waals surface area (Å²) in [6, 6.07) is 7.73. The summed E-state index contributed by atoms with van der Waals surface area (Å²) < 4.78 is 11.8. The summed E-state index contributed by atoms with van der Waals surface area (Å²) >= 11 is 0. The molecule has 1 N–H and O–H groups in total. The third-order valence-electron chi connectivity index (χ3n) is 4.67. The van der Waals surface area contributed by atoms with Crippen LogP contribution in [0.5, 0.6) is 0 Å². The number of benzene rings is 1. The largest absolute Gasteiger partial charge is 0.443 e. The minimum absolute atomic E-state index is 0.137. The molecule has 0 saturated carbocycles. The van der Waals surface area contributed by atoms with Crippen LogP contribution in [0.4, 0.5) is 16.2 Å². The van der Waals surface area contributed by atoms with Crippen LogP contribution in [0.2, 0.25) is 18.1 Å². The van der Waals surface area contributed by atoms with Crippen LogP contribution in [-0.4, -0.2) is 40.2 Å². The molecule has 0 atom stereocenters. The maximum atomic E-state index is 12.7. The number of ether oxygens (including phenoxy) is 1. The lowest BCUT2D eigenvalue weighted by molar-refractivity contribution is 0.0574. The number of carbonyl (C=O) groups is 1. The molecule has 1 rings (SSSR count). The normalized spacial score (nSPS) is 12.7. The standard InChI is InChI=1S/C20H36N2O3Si/c1-19(2,3)25-18(23)22(17-12-10-16(21-7)11-13-17)14-15-24-26(8,9)20(4,5)6/h10-13,21H,14-15H2,1-9H3. The second kappa shape index (κ2) is 8.44. The van der Waals surface area contributed by atoms with Crippen LogP contribution < -0.4 is 10.2 Å². The van der Waals surface area contributed by atoms with E-state index in [1.54, 1.807) is 4.90 Å². The first-order valence-corrected chi connectivity index (χ1v) is 12.1. The molecule has 1 aromatic rings. The fourth-order valence-corrected chi connectivity index (χ4v) is 3.09. The second-order valence-electron chi connectivity index (χ2n) is 9.04. The molecule has 0 aliphatic heterocycles. The Morgan fingerprint density at radius 3 is 2.04 bits per heavy atom. The van der Waals surface area contributed by atoms with Gasteiger partial charge < -0.3 is 14.5 Å². The lowest BCUT2D eigenvalue weighted by atomic mass is 10.2. The molecule has 1 amide bonds. The molecule has 148 valence electrons. The van der Waals surface area contributed by atoms with Crippen molar-refractivity contribution in [1.82, 2.24) is 0 Å². The fourth-order valence-electron chi connectivity index (χ4n) is 2.06. The van der Waals surface area contributed by atoms with Crippen LogP contribution in [0.1, 0.15) is 41.5 Å². The first-order chi connectivity index (χ1) is 11.8. The van der Waals surface area contributed by atoms with E-state index in [9.17, 15) is 4.79 Å². The molecule has 0 aromatic heterocycles. The van der Waals surface area contributed by atoms with Gasteiger partial charge in [0.2, 0.25) is 0 Å². The van der Waals surface area contributed by atoms with Crippen molar-refractivity contribution < 1.29 is 14.0 Å². The molecule has 0 aliphatic rings. The molecule has 0 spiro atoms. The fraction of sp³-hybridized carbons (Fsp3) is 0.650. The van der Waals surface area contributed by atoms with Crippen LogP contribution in [0.15, 0.2) is 24.3 Å². The predicted molar refractivity (Wildman–Crippen MR) is 113 cm³/mol. The first-order valence-electron chi connectivity index (χ1n) is 9.19. The summed E-state index contributed by atoms with van der Waals surface area (Å²) in [5.41, 5.74) is 1.26. The van der Waals surface area contributed by atoms with E-state index in [1.807, 2.05) is 52.1 Å². The number of nitrogens with zero attached hydrogens (tertiary/aromatic N) is 1. The van der Waals surface area contributed by atoms with Gasteiger partial charge in [0, 0.05) is 18.4 Å². The average Bonchev–Trinajstić information content (AvgIpc) is 2.49. The highest BCUT2D eigenvalue weighted by atomic mass is 28.4. The van der Waals surface area contributed by atoms with Crippen molar-refractivity contribution >= 4 is 25.8 Å². The maximum absolute atomic E-state index is 12.7. The first kappa shape index (κ1) is 22.5. The highest BCUT2D eigenvalue weighted by Gasteiger charge is 2.37. The van der Waals surface area contributed by atoms with E-state index in [2.05, 4.69) is 39.2 Å². The van der Waals surface area contributed by atoms with Crippen LogP contribution in [0.3, 0.4) is 0 Å². The van der Waals surface area contributed by atoms with Crippen molar-refractivity contribution in [1.29, 1.82) is 0 Å². The summed E-state index contributed by atoms with van der Waals surface area (Å²) in [4.78, 5) is 14.4. The van der Waals surface area contributed by atoms with E-state index in [0.717, 1.165) is 11.4 Å². The Labute approximate surface area is 160 Å². The van der Waals surface area contributed by atoms with E-state index < -0.39 is 13.9 Å². The van der Waals surface area contributed by atoms with E-state index in [1.165, 1.54) is 0 Å². The third-order valence-corrected chi connectivity index (χ3v) is 9.20. The molecule has 26 heavy (non-hydrogen) atoms. The van der Waals surface area contributed by atoms with Crippen molar-refractivity contribution in [2.45, 2.75) is 65.3 Å². The molecular weight excluding hydrogens is 344 g/mol.